The summed E-state index contributed by atoms with van der Waals surface area (Å²) in [5.41, 5.74) is 4.31. The van der Waals surface area contributed by atoms with Crippen LogP contribution in [0.25, 0.3) is 22.6 Å². The van der Waals surface area contributed by atoms with Crippen LogP contribution >= 0.6 is 0 Å². The van der Waals surface area contributed by atoms with Crippen molar-refractivity contribution < 1.29 is 9.59 Å². The molecule has 0 radical (unpaired) electrons. The molecule has 0 saturated carbocycles. The molecule has 3 heterocycles. The first-order valence-corrected chi connectivity index (χ1v) is 11.9. The summed E-state index contributed by atoms with van der Waals surface area (Å²) < 4.78 is 0. The molecule has 0 aliphatic rings. The molecule has 0 atom stereocenters. The van der Waals surface area contributed by atoms with Crippen LogP contribution in [0.5, 0.6) is 0 Å². The topological polar surface area (TPSA) is 134 Å². The van der Waals surface area contributed by atoms with Crippen molar-refractivity contribution in [2.24, 2.45) is 0 Å². The molecule has 192 valence electrons. The molecular weight excluding hydrogens is 478 g/mol. The number of carbonyl (C=O) groups is 2. The number of aldehydes is 1. The first kappa shape index (κ1) is 27.6. The van der Waals surface area contributed by atoms with Gasteiger partial charge in [0.2, 0.25) is 0 Å². The van der Waals surface area contributed by atoms with Crippen molar-refractivity contribution in [3.8, 4) is 28.7 Å². The molecule has 0 saturated heterocycles. The zero-order valence-corrected chi connectivity index (χ0v) is 22.0. The number of hydrogen-bond donors (Lipinski definition) is 2. The van der Waals surface area contributed by atoms with E-state index in [1.807, 2.05) is 50.4 Å². The van der Waals surface area contributed by atoms with Gasteiger partial charge in [-0.25, -0.2) is 15.0 Å². The lowest BCUT2D eigenvalue weighted by Crippen LogP contribution is -2.18. The second kappa shape index (κ2) is 12.3. The maximum absolute atomic E-state index is 13.0. The highest BCUT2D eigenvalue weighted by Crippen LogP contribution is 2.28. The second-order valence-electron chi connectivity index (χ2n) is 8.83. The van der Waals surface area contributed by atoms with E-state index in [9.17, 15) is 10.1 Å². The van der Waals surface area contributed by atoms with E-state index in [4.69, 9.17) is 9.78 Å². The SMILES string of the molecule is CC=O.CNc1cc(-c2nccc(-c3cc(NC(=O)c4ccnc(C(C)(C)C#N)c4)ccc3C)n2)ccn1. The van der Waals surface area contributed by atoms with Crippen molar-refractivity contribution in [2.45, 2.75) is 33.1 Å². The fourth-order valence-corrected chi connectivity index (χ4v) is 3.50. The van der Waals surface area contributed by atoms with E-state index >= 15 is 0 Å². The van der Waals surface area contributed by atoms with Gasteiger partial charge in [0.05, 0.1) is 22.9 Å². The molecule has 0 bridgehead atoms. The number of amides is 1. The van der Waals surface area contributed by atoms with Gasteiger partial charge in [0.1, 0.15) is 12.1 Å². The summed E-state index contributed by atoms with van der Waals surface area (Å²) in [6.45, 7) is 6.98. The van der Waals surface area contributed by atoms with Crippen molar-refractivity contribution >= 4 is 23.7 Å². The Morgan fingerprint density at radius 2 is 1.71 bits per heavy atom. The van der Waals surface area contributed by atoms with Gasteiger partial charge in [0.25, 0.3) is 5.91 Å². The van der Waals surface area contributed by atoms with E-state index in [2.05, 4.69) is 31.7 Å². The van der Waals surface area contributed by atoms with Gasteiger partial charge in [-0.15, -0.1) is 0 Å². The van der Waals surface area contributed by atoms with Crippen LogP contribution in [0.2, 0.25) is 0 Å². The molecule has 38 heavy (non-hydrogen) atoms. The van der Waals surface area contributed by atoms with Gasteiger partial charge in [0.15, 0.2) is 5.82 Å². The van der Waals surface area contributed by atoms with Crippen LogP contribution in [0.3, 0.4) is 0 Å². The Balaban J connectivity index is 0.00000127. The summed E-state index contributed by atoms with van der Waals surface area (Å²) in [4.78, 5) is 39.4. The van der Waals surface area contributed by atoms with Crippen LogP contribution in [-0.4, -0.2) is 39.2 Å². The first-order valence-electron chi connectivity index (χ1n) is 11.9. The largest absolute Gasteiger partial charge is 0.373 e. The van der Waals surface area contributed by atoms with Gasteiger partial charge in [-0.05, 0) is 75.7 Å². The van der Waals surface area contributed by atoms with Crippen LogP contribution < -0.4 is 10.6 Å². The van der Waals surface area contributed by atoms with Crippen LogP contribution in [0.4, 0.5) is 11.5 Å². The Morgan fingerprint density at radius 1 is 1.00 bits per heavy atom. The van der Waals surface area contributed by atoms with Crippen molar-refractivity contribution in [1.82, 2.24) is 19.9 Å². The van der Waals surface area contributed by atoms with E-state index in [0.29, 0.717) is 22.8 Å². The first-order chi connectivity index (χ1) is 18.2. The summed E-state index contributed by atoms with van der Waals surface area (Å²) >= 11 is 0. The Morgan fingerprint density at radius 3 is 2.42 bits per heavy atom. The molecule has 0 spiro atoms. The minimum absolute atomic E-state index is 0.281. The van der Waals surface area contributed by atoms with Gasteiger partial charge in [0, 0.05) is 48.0 Å². The molecule has 3 aromatic heterocycles. The predicted molar refractivity (Wildman–Crippen MR) is 148 cm³/mol. The summed E-state index contributed by atoms with van der Waals surface area (Å²) in [6.07, 6.45) is 5.73. The van der Waals surface area contributed by atoms with Gasteiger partial charge in [-0.1, -0.05) is 6.07 Å². The molecule has 2 N–H and O–H groups in total. The highest BCUT2D eigenvalue weighted by molar-refractivity contribution is 6.04. The molecule has 0 unspecified atom stereocenters. The average molecular weight is 508 g/mol. The number of aromatic nitrogens is 4. The smallest absolute Gasteiger partial charge is 0.255 e. The lowest BCUT2D eigenvalue weighted by Gasteiger charge is -2.15. The molecule has 1 amide bonds. The summed E-state index contributed by atoms with van der Waals surface area (Å²) in [5.74, 6) is 1.03. The van der Waals surface area contributed by atoms with Crippen molar-refractivity contribution in [1.29, 1.82) is 5.26 Å². The third-order valence-electron chi connectivity index (χ3n) is 5.64. The average Bonchev–Trinajstić information content (AvgIpc) is 2.94. The third-order valence-corrected chi connectivity index (χ3v) is 5.64. The van der Waals surface area contributed by atoms with Crippen LogP contribution in [-0.2, 0) is 10.2 Å². The molecule has 9 heteroatoms. The lowest BCUT2D eigenvalue weighted by molar-refractivity contribution is -0.106. The van der Waals surface area contributed by atoms with E-state index < -0.39 is 5.41 Å². The quantitative estimate of drug-likeness (QED) is 0.340. The zero-order chi connectivity index (χ0) is 27.7. The highest BCUT2D eigenvalue weighted by Gasteiger charge is 2.22. The van der Waals surface area contributed by atoms with E-state index in [-0.39, 0.29) is 5.91 Å². The molecule has 9 nitrogen and oxygen atoms in total. The Hall–Kier alpha value is -4.97. The fourth-order valence-electron chi connectivity index (χ4n) is 3.50. The molecular formula is C29H29N7O2. The number of benzene rings is 1. The van der Waals surface area contributed by atoms with Gasteiger partial charge >= 0.3 is 0 Å². The number of carbonyl (C=O) groups excluding carboxylic acids is 2. The standard InChI is InChI=1S/C27H25N7O.C2H4O/c1-17-5-6-20(33-26(35)19-8-10-30-23(13-19)27(2,3)16-28)15-21(17)22-9-12-32-25(34-22)18-7-11-31-24(14-18)29-4;1-2-3/h5-15H,1-4H3,(H,29,31)(H,33,35);2H,1H3. The van der Waals surface area contributed by atoms with E-state index in [0.717, 1.165) is 34.5 Å². The Kier molecular flexibility index (Phi) is 8.95. The van der Waals surface area contributed by atoms with Gasteiger partial charge < -0.3 is 15.4 Å². The minimum atomic E-state index is -0.791. The number of hydrogen-bond acceptors (Lipinski definition) is 8. The molecule has 1 aromatic carbocycles. The maximum Gasteiger partial charge on any atom is 0.255 e. The maximum atomic E-state index is 13.0. The van der Waals surface area contributed by atoms with E-state index in [1.54, 1.807) is 44.6 Å². The van der Waals surface area contributed by atoms with Gasteiger partial charge in [-0.3, -0.25) is 9.78 Å². The van der Waals surface area contributed by atoms with Gasteiger partial charge in [-0.2, -0.15) is 5.26 Å². The molecule has 0 aliphatic carbocycles. The summed E-state index contributed by atoms with van der Waals surface area (Å²) in [6, 6.07) is 16.8. The number of nitrogens with one attached hydrogen (secondary N) is 2. The fraction of sp³-hybridized carbons (Fsp3) is 0.207. The molecule has 0 fully saturated rings. The second-order valence-corrected chi connectivity index (χ2v) is 8.83. The lowest BCUT2D eigenvalue weighted by atomic mass is 9.90. The van der Waals surface area contributed by atoms with Crippen LogP contribution in [0, 0.1) is 18.3 Å². The van der Waals surface area contributed by atoms with Crippen molar-refractivity contribution in [3.05, 3.63) is 83.9 Å². The Labute approximate surface area is 222 Å². The van der Waals surface area contributed by atoms with Crippen molar-refractivity contribution in [3.63, 3.8) is 0 Å². The third kappa shape index (κ3) is 6.62. The highest BCUT2D eigenvalue weighted by atomic mass is 16.1. The zero-order valence-electron chi connectivity index (χ0n) is 22.0. The number of nitrogens with zero attached hydrogens (tertiary/aromatic N) is 5. The normalized spacial score (nSPS) is 10.4. The number of pyridine rings is 2. The molecule has 4 rings (SSSR count). The number of aryl methyl sites for hydroxylation is 1. The van der Waals surface area contributed by atoms with E-state index in [1.165, 1.54) is 6.92 Å². The number of rotatable bonds is 6. The molecule has 4 aromatic rings. The van der Waals surface area contributed by atoms with Crippen LogP contribution in [0.1, 0.15) is 42.4 Å². The molecule has 0 aliphatic heterocycles. The summed E-state index contributed by atoms with van der Waals surface area (Å²) in [7, 11) is 1.81. The predicted octanol–water partition coefficient (Wildman–Crippen LogP) is 5.21. The Bertz CT molecular complexity index is 1490. The number of anilines is 2. The van der Waals surface area contributed by atoms with Crippen molar-refractivity contribution in [2.75, 3.05) is 17.7 Å². The summed E-state index contributed by atoms with van der Waals surface area (Å²) in [5, 5.41) is 15.4. The number of nitriles is 1. The monoisotopic (exact) mass is 507 g/mol. The minimum Gasteiger partial charge on any atom is -0.373 e. The van der Waals surface area contributed by atoms with Crippen LogP contribution in [0.15, 0.2) is 67.1 Å².